The van der Waals surface area contributed by atoms with Crippen molar-refractivity contribution in [2.45, 2.75) is 50.9 Å². The van der Waals surface area contributed by atoms with Gasteiger partial charge in [-0.1, -0.05) is 42.5 Å². The normalized spacial score (nSPS) is 11.6. The van der Waals surface area contributed by atoms with E-state index >= 15 is 0 Å². The van der Waals surface area contributed by atoms with E-state index in [-0.39, 0.29) is 20.1 Å². The van der Waals surface area contributed by atoms with E-state index < -0.39 is 13.3 Å². The molecule has 0 aliphatic carbocycles. The fourth-order valence-corrected chi connectivity index (χ4v) is 11.6. The summed E-state index contributed by atoms with van der Waals surface area (Å²) in [6.45, 7) is 8.60. The van der Waals surface area contributed by atoms with Crippen molar-refractivity contribution in [2.24, 2.45) is 0 Å². The Morgan fingerprint density at radius 3 is 2.17 bits per heavy atom. The average Bonchev–Trinajstić information content (AvgIpc) is 3.83. The maximum absolute atomic E-state index is 6.35. The Morgan fingerprint density at radius 2 is 1.42 bits per heavy atom. The molecule has 5 heterocycles. The molecule has 10 rings (SSSR count). The molecule has 60 heavy (non-hydrogen) atoms. The fourth-order valence-electron chi connectivity index (χ4n) is 8.06. The molecule has 0 saturated carbocycles. The van der Waals surface area contributed by atoms with Gasteiger partial charge in [-0.3, -0.25) is 9.97 Å². The number of nitrogens with zero attached hydrogens (tertiary/aromatic N) is 5. The first-order chi connectivity index (χ1) is 28.5. The van der Waals surface area contributed by atoms with Crippen molar-refractivity contribution in [2.75, 3.05) is 0 Å². The van der Waals surface area contributed by atoms with Gasteiger partial charge in [-0.2, -0.15) is 0 Å². The van der Waals surface area contributed by atoms with E-state index in [4.69, 9.17) is 24.4 Å². The molecule has 0 spiro atoms. The summed E-state index contributed by atoms with van der Waals surface area (Å²) in [5.74, 6) is 8.60. The molecule has 299 valence electrons. The molecule has 10 aromatic rings. The van der Waals surface area contributed by atoms with Crippen molar-refractivity contribution in [1.29, 1.82) is 0 Å². The number of aryl methyl sites for hydroxylation is 2. The third kappa shape index (κ3) is 7.74. The molecule has 0 amide bonds. The third-order valence-corrected chi connectivity index (χ3v) is 15.2. The van der Waals surface area contributed by atoms with Crippen LogP contribution in [0.5, 0.6) is 0 Å². The Balaban J connectivity index is 0.000000164. The van der Waals surface area contributed by atoms with E-state index in [1.165, 1.54) is 15.3 Å². The summed E-state index contributed by atoms with van der Waals surface area (Å²) in [5.41, 5.74) is 12.8. The maximum Gasteiger partial charge on any atom is 0 e. The van der Waals surface area contributed by atoms with E-state index in [1.807, 2.05) is 80.6 Å². The molecular formula is C52H45GeIrN5O-2. The van der Waals surface area contributed by atoms with Crippen LogP contribution in [-0.2, 0) is 20.1 Å². The van der Waals surface area contributed by atoms with Gasteiger partial charge in [-0.15, -0.1) is 35.9 Å². The van der Waals surface area contributed by atoms with Gasteiger partial charge in [-0.25, -0.2) is 0 Å². The topological polar surface area (TPSA) is 69.6 Å². The van der Waals surface area contributed by atoms with Gasteiger partial charge in [0.2, 0.25) is 0 Å². The number of para-hydroxylation sites is 2. The predicted octanol–water partition coefficient (Wildman–Crippen LogP) is 12.8. The van der Waals surface area contributed by atoms with E-state index in [9.17, 15) is 0 Å². The summed E-state index contributed by atoms with van der Waals surface area (Å²) >= 11 is -2.02. The Labute approximate surface area is 367 Å². The van der Waals surface area contributed by atoms with Crippen LogP contribution in [0.3, 0.4) is 0 Å². The molecule has 5 aromatic heterocycles. The number of rotatable bonds is 6. The summed E-state index contributed by atoms with van der Waals surface area (Å²) in [6.07, 6.45) is 2.11. The first kappa shape index (κ1) is 41.0. The van der Waals surface area contributed by atoms with Crippen LogP contribution in [0.2, 0.25) is 17.3 Å². The smallest absolute Gasteiger partial charge is 0 e. The molecule has 0 bridgehead atoms. The molecule has 0 saturated heterocycles. The molecule has 5 aromatic carbocycles. The third-order valence-electron chi connectivity index (χ3n) is 10.9. The number of imidazole rings is 1. The van der Waals surface area contributed by atoms with Crippen LogP contribution in [0, 0.1) is 26.0 Å². The monoisotopic (exact) mass is 1020 g/mol. The van der Waals surface area contributed by atoms with Crippen LogP contribution >= 0.6 is 0 Å². The maximum atomic E-state index is 6.35. The van der Waals surface area contributed by atoms with Crippen molar-refractivity contribution in [3.63, 3.8) is 0 Å². The molecule has 0 aliphatic heterocycles. The summed E-state index contributed by atoms with van der Waals surface area (Å²) in [7, 11) is 0. The van der Waals surface area contributed by atoms with E-state index in [0.717, 1.165) is 83.8 Å². The van der Waals surface area contributed by atoms with E-state index in [0.29, 0.717) is 11.6 Å². The van der Waals surface area contributed by atoms with Gasteiger partial charge in [0, 0.05) is 37.1 Å². The van der Waals surface area contributed by atoms with Crippen LogP contribution in [0.1, 0.15) is 36.7 Å². The summed E-state index contributed by atoms with van der Waals surface area (Å²) in [6, 6.07) is 52.1. The number of pyridine rings is 3. The molecular weight excluding hydrogens is 975 g/mol. The van der Waals surface area contributed by atoms with E-state index in [1.54, 1.807) is 0 Å². The average molecular weight is 1020 g/mol. The molecule has 6 nitrogen and oxygen atoms in total. The minimum atomic E-state index is -2.02. The first-order valence-electron chi connectivity index (χ1n) is 20.2. The fraction of sp³-hybridized carbons (Fsp3) is 0.154. The largest absolute Gasteiger partial charge is 0 e. The van der Waals surface area contributed by atoms with Crippen molar-refractivity contribution >= 4 is 61.5 Å². The number of hydrogen-bond donors (Lipinski definition) is 0. The number of benzene rings is 5. The zero-order valence-corrected chi connectivity index (χ0v) is 39.3. The SMILES string of the molecule is Cc1cc(-n2c(-c3[c-]cccc3)nc3ccccc32)cc(-c2ccccc2)n1.Cc1nc2oc3c(-c4cc(C(C)C)[c]([Ge]([CH3])([CH3])[CH3])cn4)[c-]ccc3c2c2ccccc12.[Ir]. The van der Waals surface area contributed by atoms with Crippen molar-refractivity contribution in [3.8, 4) is 39.6 Å². The van der Waals surface area contributed by atoms with Gasteiger partial charge in [-0.05, 0) is 31.2 Å². The summed E-state index contributed by atoms with van der Waals surface area (Å²) < 4.78 is 10.0. The van der Waals surface area contributed by atoms with Crippen molar-refractivity contribution in [1.82, 2.24) is 24.5 Å². The van der Waals surface area contributed by atoms with Gasteiger partial charge in [0.25, 0.3) is 0 Å². The van der Waals surface area contributed by atoms with Crippen molar-refractivity contribution < 1.29 is 24.5 Å². The van der Waals surface area contributed by atoms with Crippen LogP contribution < -0.4 is 4.40 Å². The summed E-state index contributed by atoms with van der Waals surface area (Å²) in [4.78, 5) is 19.3. The zero-order chi connectivity index (χ0) is 40.8. The Morgan fingerprint density at radius 1 is 0.683 bits per heavy atom. The molecule has 0 aliphatic rings. The number of fused-ring (bicyclic) bond motifs is 6. The zero-order valence-electron chi connectivity index (χ0n) is 34.8. The van der Waals surface area contributed by atoms with Crippen LogP contribution in [-0.4, -0.2) is 37.8 Å². The van der Waals surface area contributed by atoms with Gasteiger partial charge >= 0.3 is 186 Å². The number of furan rings is 1. The standard InChI is InChI=1S/C27H27GeN2O.C25H18N3.Ir/c1-16(2)22-14-24(29-15-23(22)28(4,5)6)20-12-9-13-21-25-19-11-8-7-10-18(19)17(3)30-27(25)31-26(20)21;1-18-16-21(17-23(26-18)19-10-4-2-5-11-19)28-24-15-9-8-14-22(24)27-25(28)20-12-6-3-7-13-20;/h7-11,13-16H,1-6H3;2-12,14-17H,1H3;/q2*-1;. The molecule has 0 N–H and O–H groups in total. The van der Waals surface area contributed by atoms with Crippen molar-refractivity contribution in [3.05, 3.63) is 169 Å². The molecule has 0 fully saturated rings. The van der Waals surface area contributed by atoms with Crippen LogP contribution in [0.15, 0.2) is 144 Å². The van der Waals surface area contributed by atoms with Gasteiger partial charge in [0.05, 0.1) is 22.6 Å². The minimum Gasteiger partial charge on any atom is 0 e. The van der Waals surface area contributed by atoms with E-state index in [2.05, 4.69) is 121 Å². The minimum absolute atomic E-state index is 0. The molecule has 1 radical (unpaired) electrons. The first-order valence-corrected chi connectivity index (χ1v) is 27.5. The summed E-state index contributed by atoms with van der Waals surface area (Å²) in [5, 5.41) is 4.47. The van der Waals surface area contributed by atoms with Gasteiger partial charge in [0.15, 0.2) is 0 Å². The second-order valence-electron chi connectivity index (χ2n) is 16.4. The molecule has 8 heteroatoms. The Kier molecular flexibility index (Phi) is 11.4. The molecule has 0 unspecified atom stereocenters. The Bertz CT molecular complexity index is 3150. The predicted molar refractivity (Wildman–Crippen MR) is 246 cm³/mol. The van der Waals surface area contributed by atoms with Crippen LogP contribution in [0.25, 0.3) is 83.5 Å². The van der Waals surface area contributed by atoms with Crippen LogP contribution in [0.4, 0.5) is 0 Å². The quantitative estimate of drug-likeness (QED) is 0.123. The van der Waals surface area contributed by atoms with Gasteiger partial charge in [0.1, 0.15) is 0 Å². The second kappa shape index (κ2) is 16.7. The number of aromatic nitrogens is 5. The number of hydrogen-bond acceptors (Lipinski definition) is 5. The second-order valence-corrected chi connectivity index (χ2v) is 27.0. The molecule has 0 atom stereocenters. The van der Waals surface area contributed by atoms with Gasteiger partial charge < -0.3 is 4.57 Å². The Hall–Kier alpha value is -5.73.